The number of rotatable bonds is 4. The van der Waals surface area contributed by atoms with Gasteiger partial charge < -0.3 is 25.4 Å². The molecule has 0 aliphatic carbocycles. The van der Waals surface area contributed by atoms with Gasteiger partial charge in [0.1, 0.15) is 23.8 Å². The summed E-state index contributed by atoms with van der Waals surface area (Å²) in [7, 11) is 0. The summed E-state index contributed by atoms with van der Waals surface area (Å²) in [5.74, 6) is 0. The molecule has 0 bridgehead atoms. The Hall–Kier alpha value is -2.23. The molecule has 8 nitrogen and oxygen atoms in total. The van der Waals surface area contributed by atoms with Crippen LogP contribution in [0.5, 0.6) is 0 Å². The molecule has 0 unspecified atom stereocenters. The van der Waals surface area contributed by atoms with Crippen LogP contribution in [-0.4, -0.2) is 54.8 Å². The first-order valence-electron chi connectivity index (χ1n) is 8.05. The van der Waals surface area contributed by atoms with Crippen LogP contribution in [0.3, 0.4) is 0 Å². The highest BCUT2D eigenvalue weighted by Crippen LogP contribution is 2.33. The summed E-state index contributed by atoms with van der Waals surface area (Å²) in [6.45, 7) is -0.395. The van der Waals surface area contributed by atoms with Gasteiger partial charge in [0.2, 0.25) is 0 Å². The molecule has 1 aromatic carbocycles. The Morgan fingerprint density at radius 2 is 1.92 bits per heavy atom. The minimum absolute atomic E-state index is 0.395. The van der Waals surface area contributed by atoms with Gasteiger partial charge in [-0.25, -0.2) is 9.97 Å². The fourth-order valence-corrected chi connectivity index (χ4v) is 3.22. The van der Waals surface area contributed by atoms with Crippen LogP contribution in [0.1, 0.15) is 6.23 Å². The monoisotopic (exact) mass is 376 g/mol. The van der Waals surface area contributed by atoms with Crippen LogP contribution >= 0.6 is 11.6 Å². The van der Waals surface area contributed by atoms with Crippen molar-refractivity contribution in [1.82, 2.24) is 14.5 Å². The number of benzene rings is 1. The molecule has 1 saturated heterocycles. The van der Waals surface area contributed by atoms with Gasteiger partial charge in [0.25, 0.3) is 0 Å². The number of halogens is 1. The van der Waals surface area contributed by atoms with Gasteiger partial charge in [-0.3, -0.25) is 4.57 Å². The fraction of sp³-hybridized carbons (Fsp3) is 0.294. The highest BCUT2D eigenvalue weighted by molar-refractivity contribution is 6.33. The molecule has 0 radical (unpaired) electrons. The SMILES string of the molecule is OC[C@H]1O[C@@H](n2cnc3c(Nc4ccccc4Cl)ccnc32)[C@H](O)[C@@H]1O. The van der Waals surface area contributed by atoms with Crippen molar-refractivity contribution in [3.05, 3.63) is 47.9 Å². The molecule has 4 atom stereocenters. The third kappa shape index (κ3) is 2.81. The van der Waals surface area contributed by atoms with Crippen molar-refractivity contribution in [3.63, 3.8) is 0 Å². The molecule has 0 saturated carbocycles. The van der Waals surface area contributed by atoms with E-state index in [1.54, 1.807) is 18.3 Å². The number of ether oxygens (including phenoxy) is 1. The molecule has 4 N–H and O–H groups in total. The van der Waals surface area contributed by atoms with Gasteiger partial charge >= 0.3 is 0 Å². The van der Waals surface area contributed by atoms with E-state index in [1.165, 1.54) is 10.9 Å². The Morgan fingerprint density at radius 1 is 1.12 bits per heavy atom. The maximum atomic E-state index is 10.2. The fourth-order valence-electron chi connectivity index (χ4n) is 3.04. The van der Waals surface area contributed by atoms with Gasteiger partial charge in [-0.15, -0.1) is 0 Å². The Kier molecular flexibility index (Phi) is 4.51. The van der Waals surface area contributed by atoms with Crippen LogP contribution in [0.4, 0.5) is 11.4 Å². The summed E-state index contributed by atoms with van der Waals surface area (Å²) in [4.78, 5) is 8.67. The zero-order valence-electron chi connectivity index (χ0n) is 13.5. The number of fused-ring (bicyclic) bond motifs is 1. The van der Waals surface area contributed by atoms with Gasteiger partial charge in [0.05, 0.1) is 29.3 Å². The summed E-state index contributed by atoms with van der Waals surface area (Å²) in [5.41, 5.74) is 2.44. The second kappa shape index (κ2) is 6.82. The van der Waals surface area contributed by atoms with E-state index >= 15 is 0 Å². The standard InChI is InChI=1S/C17H17ClN4O4/c18-9-3-1-2-4-10(9)21-11-5-6-19-16-13(11)20-8-22(16)17-15(25)14(24)12(7-23)26-17/h1-6,8,12,14-15,17,23-25H,7H2,(H,19,21)/t12-,14-,15-,17-/m1/s1. The summed E-state index contributed by atoms with van der Waals surface area (Å²) >= 11 is 6.19. The smallest absolute Gasteiger partial charge is 0.165 e. The van der Waals surface area contributed by atoms with E-state index in [4.69, 9.17) is 16.3 Å². The lowest BCUT2D eigenvalue weighted by Gasteiger charge is -2.16. The van der Waals surface area contributed by atoms with Crippen LogP contribution in [0.15, 0.2) is 42.9 Å². The van der Waals surface area contributed by atoms with Crippen LogP contribution < -0.4 is 5.32 Å². The predicted molar refractivity (Wildman–Crippen MR) is 95.3 cm³/mol. The minimum Gasteiger partial charge on any atom is -0.394 e. The highest BCUT2D eigenvalue weighted by Gasteiger charge is 2.43. The van der Waals surface area contributed by atoms with E-state index in [0.717, 1.165) is 5.69 Å². The van der Waals surface area contributed by atoms with Gasteiger partial charge in [-0.05, 0) is 18.2 Å². The lowest BCUT2D eigenvalue weighted by molar-refractivity contribution is -0.0511. The number of para-hydroxylation sites is 1. The van der Waals surface area contributed by atoms with Crippen molar-refractivity contribution >= 4 is 34.1 Å². The average Bonchev–Trinajstić information content (AvgIpc) is 3.19. The number of nitrogens with one attached hydrogen (secondary N) is 1. The molecular weight excluding hydrogens is 360 g/mol. The van der Waals surface area contributed by atoms with E-state index < -0.39 is 31.1 Å². The number of aliphatic hydroxyl groups is 3. The van der Waals surface area contributed by atoms with Gasteiger partial charge in [-0.1, -0.05) is 23.7 Å². The van der Waals surface area contributed by atoms with Crippen LogP contribution in [0.2, 0.25) is 5.02 Å². The summed E-state index contributed by atoms with van der Waals surface area (Å²) in [6, 6.07) is 9.09. The first kappa shape index (κ1) is 17.2. The van der Waals surface area contributed by atoms with E-state index in [9.17, 15) is 15.3 Å². The van der Waals surface area contributed by atoms with Crippen LogP contribution in [-0.2, 0) is 4.74 Å². The summed E-state index contributed by atoms with van der Waals surface area (Å²) in [6.07, 6.45) is -1.07. The molecule has 0 amide bonds. The van der Waals surface area contributed by atoms with Gasteiger partial charge in [-0.2, -0.15) is 0 Å². The van der Waals surface area contributed by atoms with Crippen molar-refractivity contribution in [3.8, 4) is 0 Å². The topological polar surface area (TPSA) is 113 Å². The highest BCUT2D eigenvalue weighted by atomic mass is 35.5. The molecule has 3 aromatic rings. The first-order valence-corrected chi connectivity index (χ1v) is 8.43. The number of hydrogen-bond donors (Lipinski definition) is 4. The van der Waals surface area contributed by atoms with Crippen molar-refractivity contribution in [1.29, 1.82) is 0 Å². The number of aromatic nitrogens is 3. The second-order valence-corrected chi connectivity index (χ2v) is 6.42. The van der Waals surface area contributed by atoms with Crippen molar-refractivity contribution in [2.24, 2.45) is 0 Å². The average molecular weight is 377 g/mol. The molecule has 1 aliphatic heterocycles. The quantitative estimate of drug-likeness (QED) is 0.545. The third-order valence-corrected chi connectivity index (χ3v) is 4.72. The molecule has 4 rings (SSSR count). The number of pyridine rings is 1. The summed E-state index contributed by atoms with van der Waals surface area (Å²) in [5, 5.41) is 33.2. The van der Waals surface area contributed by atoms with Crippen LogP contribution in [0.25, 0.3) is 11.2 Å². The van der Waals surface area contributed by atoms with Crippen molar-refractivity contribution < 1.29 is 20.1 Å². The molecule has 0 spiro atoms. The number of anilines is 2. The largest absolute Gasteiger partial charge is 0.394 e. The lowest BCUT2D eigenvalue weighted by atomic mass is 10.1. The number of hydrogen-bond acceptors (Lipinski definition) is 7. The molecule has 1 fully saturated rings. The lowest BCUT2D eigenvalue weighted by Crippen LogP contribution is -2.33. The zero-order valence-corrected chi connectivity index (χ0v) is 14.3. The third-order valence-electron chi connectivity index (χ3n) is 4.40. The van der Waals surface area contributed by atoms with Crippen molar-refractivity contribution in [2.75, 3.05) is 11.9 Å². The Morgan fingerprint density at radius 3 is 2.65 bits per heavy atom. The van der Waals surface area contributed by atoms with Gasteiger partial charge in [0, 0.05) is 6.20 Å². The van der Waals surface area contributed by atoms with E-state index in [-0.39, 0.29) is 0 Å². The Labute approximate surface area is 153 Å². The Bertz CT molecular complexity index is 934. The Balaban J connectivity index is 1.71. The maximum absolute atomic E-state index is 10.2. The summed E-state index contributed by atoms with van der Waals surface area (Å²) < 4.78 is 7.09. The normalized spacial score (nSPS) is 25.7. The second-order valence-electron chi connectivity index (χ2n) is 6.02. The van der Waals surface area contributed by atoms with E-state index in [0.29, 0.717) is 21.9 Å². The predicted octanol–water partition coefficient (Wildman–Crippen LogP) is 1.44. The number of nitrogens with zero attached hydrogens (tertiary/aromatic N) is 3. The first-order chi connectivity index (χ1) is 12.6. The minimum atomic E-state index is -1.20. The van der Waals surface area contributed by atoms with E-state index in [1.807, 2.05) is 18.2 Å². The molecule has 9 heteroatoms. The van der Waals surface area contributed by atoms with Gasteiger partial charge in [0.15, 0.2) is 11.9 Å². The number of imidazole rings is 1. The molecule has 3 heterocycles. The molecule has 1 aliphatic rings. The molecular formula is C17H17ClN4O4. The van der Waals surface area contributed by atoms with Crippen LogP contribution in [0, 0.1) is 0 Å². The maximum Gasteiger partial charge on any atom is 0.165 e. The van der Waals surface area contributed by atoms with Crippen molar-refractivity contribution in [2.45, 2.75) is 24.5 Å². The number of aliphatic hydroxyl groups excluding tert-OH is 3. The zero-order chi connectivity index (χ0) is 18.3. The molecule has 2 aromatic heterocycles. The van der Waals surface area contributed by atoms with E-state index in [2.05, 4.69) is 15.3 Å². The molecule has 26 heavy (non-hydrogen) atoms. The molecule has 136 valence electrons.